The van der Waals surface area contributed by atoms with Gasteiger partial charge in [-0.3, -0.25) is 9.78 Å². The number of ether oxygens (including phenoxy) is 1. The third-order valence-corrected chi connectivity index (χ3v) is 2.86. The molecule has 0 saturated heterocycles. The van der Waals surface area contributed by atoms with Crippen molar-refractivity contribution in [3.8, 4) is 5.75 Å². The molecule has 0 N–H and O–H groups in total. The number of aromatic nitrogens is 1. The Labute approximate surface area is 119 Å². The van der Waals surface area contributed by atoms with E-state index in [2.05, 4.69) is 9.72 Å². The monoisotopic (exact) mass is 295 g/mol. The highest BCUT2D eigenvalue weighted by Crippen LogP contribution is 2.24. The van der Waals surface area contributed by atoms with Gasteiger partial charge in [0.2, 0.25) is 0 Å². The van der Waals surface area contributed by atoms with E-state index >= 15 is 0 Å². The van der Waals surface area contributed by atoms with Gasteiger partial charge in [0.1, 0.15) is 5.75 Å². The smallest absolute Gasteiger partial charge is 0.406 e. The second kappa shape index (κ2) is 5.95. The van der Waals surface area contributed by atoms with E-state index in [9.17, 15) is 18.0 Å². The number of ketones is 1. The van der Waals surface area contributed by atoms with Crippen LogP contribution in [-0.2, 0) is 6.42 Å². The lowest BCUT2D eigenvalue weighted by Crippen LogP contribution is -2.17. The van der Waals surface area contributed by atoms with E-state index in [-0.39, 0.29) is 11.3 Å². The van der Waals surface area contributed by atoms with E-state index in [0.717, 1.165) is 17.7 Å². The van der Waals surface area contributed by atoms with Gasteiger partial charge < -0.3 is 4.74 Å². The molecule has 0 saturated carbocycles. The molecule has 0 unspecified atom stereocenters. The van der Waals surface area contributed by atoms with E-state index < -0.39 is 12.1 Å². The second-order valence-corrected chi connectivity index (χ2v) is 4.29. The maximum atomic E-state index is 12.4. The van der Waals surface area contributed by atoms with E-state index in [1.807, 2.05) is 6.92 Å². The van der Waals surface area contributed by atoms with Crippen LogP contribution in [0.3, 0.4) is 0 Å². The molecule has 6 heteroatoms. The first-order valence-corrected chi connectivity index (χ1v) is 6.24. The standard InChI is InChI=1S/C15H12F3NO2/c1-2-10-9-19-7-6-13(10)14(20)11-4-3-5-12(8-11)21-15(16,17)18/h3-9H,2H2,1H3. The van der Waals surface area contributed by atoms with Crippen LogP contribution >= 0.6 is 0 Å². The molecule has 1 heterocycles. The highest BCUT2D eigenvalue weighted by atomic mass is 19.4. The SMILES string of the molecule is CCc1cnccc1C(=O)c1cccc(OC(F)(F)F)c1. The summed E-state index contributed by atoms with van der Waals surface area (Å²) in [6.07, 6.45) is -1.13. The van der Waals surface area contributed by atoms with Crippen molar-refractivity contribution < 1.29 is 22.7 Å². The summed E-state index contributed by atoms with van der Waals surface area (Å²) in [5, 5.41) is 0. The van der Waals surface area contributed by atoms with Gasteiger partial charge in [-0.15, -0.1) is 13.2 Å². The van der Waals surface area contributed by atoms with E-state index in [1.54, 1.807) is 12.3 Å². The van der Waals surface area contributed by atoms with Crippen molar-refractivity contribution >= 4 is 5.78 Å². The first-order valence-electron chi connectivity index (χ1n) is 6.24. The van der Waals surface area contributed by atoms with Crippen molar-refractivity contribution in [2.75, 3.05) is 0 Å². The van der Waals surface area contributed by atoms with Crippen molar-refractivity contribution in [1.29, 1.82) is 0 Å². The molecule has 0 radical (unpaired) electrons. The number of halogens is 3. The lowest BCUT2D eigenvalue weighted by Gasteiger charge is -2.10. The zero-order valence-electron chi connectivity index (χ0n) is 11.1. The number of hydrogen-bond acceptors (Lipinski definition) is 3. The molecule has 21 heavy (non-hydrogen) atoms. The molecule has 0 atom stereocenters. The normalized spacial score (nSPS) is 11.2. The van der Waals surface area contributed by atoms with Crippen molar-refractivity contribution in [2.45, 2.75) is 19.7 Å². The van der Waals surface area contributed by atoms with Gasteiger partial charge in [-0.2, -0.15) is 0 Å². The Morgan fingerprint density at radius 1 is 1.29 bits per heavy atom. The van der Waals surface area contributed by atoms with Crippen LogP contribution < -0.4 is 4.74 Å². The third-order valence-electron chi connectivity index (χ3n) is 2.86. The van der Waals surface area contributed by atoms with Crippen molar-refractivity contribution in [3.05, 3.63) is 59.4 Å². The fourth-order valence-electron chi connectivity index (χ4n) is 1.92. The van der Waals surface area contributed by atoms with Crippen LogP contribution in [0.15, 0.2) is 42.7 Å². The van der Waals surface area contributed by atoms with Crippen molar-refractivity contribution in [2.24, 2.45) is 0 Å². The number of hydrogen-bond donors (Lipinski definition) is 0. The minimum Gasteiger partial charge on any atom is -0.406 e. The lowest BCUT2D eigenvalue weighted by atomic mass is 9.99. The molecule has 110 valence electrons. The maximum absolute atomic E-state index is 12.4. The third kappa shape index (κ3) is 3.81. The Morgan fingerprint density at radius 2 is 2.05 bits per heavy atom. The molecule has 1 aromatic heterocycles. The van der Waals surface area contributed by atoms with Gasteiger partial charge in [-0.05, 0) is 30.2 Å². The van der Waals surface area contributed by atoms with Crippen LogP contribution in [0.2, 0.25) is 0 Å². The van der Waals surface area contributed by atoms with Gasteiger partial charge in [0.25, 0.3) is 0 Å². The van der Waals surface area contributed by atoms with Crippen LogP contribution in [0.1, 0.15) is 28.4 Å². The van der Waals surface area contributed by atoms with Crippen LogP contribution in [0, 0.1) is 0 Å². The first-order chi connectivity index (χ1) is 9.90. The summed E-state index contributed by atoms with van der Waals surface area (Å²) in [7, 11) is 0. The summed E-state index contributed by atoms with van der Waals surface area (Å²) in [5.41, 5.74) is 1.30. The predicted molar refractivity (Wildman–Crippen MR) is 70.2 cm³/mol. The topological polar surface area (TPSA) is 39.2 Å². The quantitative estimate of drug-likeness (QED) is 0.806. The molecule has 0 bridgehead atoms. The van der Waals surface area contributed by atoms with E-state index in [1.165, 1.54) is 18.3 Å². The number of carbonyl (C=O) groups excluding carboxylic acids is 1. The zero-order valence-corrected chi connectivity index (χ0v) is 11.1. The Morgan fingerprint density at radius 3 is 2.71 bits per heavy atom. The number of benzene rings is 1. The molecule has 3 nitrogen and oxygen atoms in total. The summed E-state index contributed by atoms with van der Waals surface area (Å²) in [5.74, 6) is -0.776. The van der Waals surface area contributed by atoms with Crippen molar-refractivity contribution in [3.63, 3.8) is 0 Å². The largest absolute Gasteiger partial charge is 0.573 e. The predicted octanol–water partition coefficient (Wildman–Crippen LogP) is 3.77. The summed E-state index contributed by atoms with van der Waals surface area (Å²) < 4.78 is 40.4. The maximum Gasteiger partial charge on any atom is 0.573 e. The van der Waals surface area contributed by atoms with E-state index in [4.69, 9.17) is 0 Å². The number of rotatable bonds is 4. The lowest BCUT2D eigenvalue weighted by molar-refractivity contribution is -0.274. The number of alkyl halides is 3. The van der Waals surface area contributed by atoms with Gasteiger partial charge in [0.05, 0.1) is 0 Å². The molecule has 0 aliphatic heterocycles. The number of nitrogens with zero attached hydrogens (tertiary/aromatic N) is 1. The molecule has 0 spiro atoms. The van der Waals surface area contributed by atoms with Gasteiger partial charge in [-0.1, -0.05) is 19.1 Å². The minimum atomic E-state index is -4.78. The fraction of sp³-hybridized carbons (Fsp3) is 0.200. The van der Waals surface area contributed by atoms with Crippen LogP contribution in [0.5, 0.6) is 5.75 Å². The summed E-state index contributed by atoms with van der Waals surface area (Å²) in [6.45, 7) is 1.87. The number of aryl methyl sites for hydroxylation is 1. The zero-order chi connectivity index (χ0) is 15.5. The molecule has 0 aliphatic carbocycles. The molecular formula is C15H12F3NO2. The van der Waals surface area contributed by atoms with Crippen molar-refractivity contribution in [1.82, 2.24) is 4.98 Å². The summed E-state index contributed by atoms with van der Waals surface area (Å²) in [4.78, 5) is 16.3. The van der Waals surface area contributed by atoms with Gasteiger partial charge in [0.15, 0.2) is 5.78 Å². The molecule has 1 aromatic carbocycles. The average molecular weight is 295 g/mol. The first kappa shape index (κ1) is 15.0. The Kier molecular flexibility index (Phi) is 4.26. The molecule has 0 fully saturated rings. The minimum absolute atomic E-state index is 0.137. The van der Waals surface area contributed by atoms with Crippen LogP contribution in [0.4, 0.5) is 13.2 Å². The summed E-state index contributed by atoms with van der Waals surface area (Å²) in [6, 6.07) is 6.58. The molecule has 2 aromatic rings. The summed E-state index contributed by atoms with van der Waals surface area (Å²) >= 11 is 0. The number of carbonyl (C=O) groups is 1. The van der Waals surface area contributed by atoms with Gasteiger partial charge >= 0.3 is 6.36 Å². The Hall–Kier alpha value is -2.37. The van der Waals surface area contributed by atoms with Gasteiger partial charge in [-0.25, -0.2) is 0 Å². The second-order valence-electron chi connectivity index (χ2n) is 4.29. The highest BCUT2D eigenvalue weighted by molar-refractivity contribution is 6.10. The van der Waals surface area contributed by atoms with Gasteiger partial charge in [0, 0.05) is 23.5 Å². The van der Waals surface area contributed by atoms with Crippen LogP contribution in [0.25, 0.3) is 0 Å². The molecular weight excluding hydrogens is 283 g/mol. The molecule has 0 aliphatic rings. The Balaban J connectivity index is 2.33. The van der Waals surface area contributed by atoms with E-state index in [0.29, 0.717) is 12.0 Å². The molecule has 2 rings (SSSR count). The fourth-order valence-corrected chi connectivity index (χ4v) is 1.92. The van der Waals surface area contributed by atoms with Crippen LogP contribution in [-0.4, -0.2) is 17.1 Å². The highest BCUT2D eigenvalue weighted by Gasteiger charge is 2.31. The molecule has 0 amide bonds. The Bertz CT molecular complexity index is 653. The number of pyridine rings is 1. The average Bonchev–Trinajstić information content (AvgIpc) is 2.45.